The van der Waals surface area contributed by atoms with Gasteiger partial charge in [0.25, 0.3) is 0 Å². The van der Waals surface area contributed by atoms with Crippen LogP contribution >= 0.6 is 30.3 Å². The van der Waals surface area contributed by atoms with Crippen molar-refractivity contribution in [3.8, 4) is 0 Å². The molecule has 0 spiro atoms. The minimum Gasteiger partial charge on any atom is 0 e. The summed E-state index contributed by atoms with van der Waals surface area (Å²) in [4.78, 5) is 0. The molecule has 0 atom stereocenters. The van der Waals surface area contributed by atoms with E-state index in [2.05, 4.69) is 0 Å². The fourth-order valence-electron chi connectivity index (χ4n) is 0. The Labute approximate surface area is 59.9 Å². The van der Waals surface area contributed by atoms with Crippen molar-refractivity contribution in [3.63, 3.8) is 0 Å². The number of rotatable bonds is 0. The summed E-state index contributed by atoms with van der Waals surface area (Å²) in [7, 11) is 14.7. The summed E-state index contributed by atoms with van der Waals surface area (Å²) in [5, 5.41) is 0. The zero-order chi connectivity index (χ0) is 3.58. The van der Waals surface area contributed by atoms with Crippen LogP contribution in [0.15, 0.2) is 0 Å². The minimum atomic E-state index is -1.33. The molecule has 0 amide bonds. The van der Waals surface area contributed by atoms with Gasteiger partial charge in [-0.1, -0.05) is 0 Å². The van der Waals surface area contributed by atoms with E-state index >= 15 is 0 Å². The van der Waals surface area contributed by atoms with Gasteiger partial charge in [0.1, 0.15) is 0 Å². The smallest absolute Gasteiger partial charge is 0 e. The predicted molar refractivity (Wildman–Crippen MR) is 23.3 cm³/mol. The van der Waals surface area contributed by atoms with E-state index in [9.17, 15) is 0 Å². The van der Waals surface area contributed by atoms with Gasteiger partial charge in [-0.3, -0.25) is 0 Å². The average Bonchev–Trinajstić information content (AvgIpc) is 0.811. The summed E-state index contributed by atoms with van der Waals surface area (Å²) >= 11 is -1.33. The van der Waals surface area contributed by atoms with E-state index in [1.54, 1.807) is 0 Å². The number of hydrogen-bond donors (Lipinski definition) is 0. The zero-order valence-electron chi connectivity index (χ0n) is 2.49. The first-order chi connectivity index (χ1) is 1.73. The Kier molecular flexibility index (Phi) is 12.1. The monoisotopic (exact) mass is 168 g/mol. The molecule has 1 radical (unpaired) electrons. The van der Waals surface area contributed by atoms with Crippen LogP contribution in [0.4, 0.5) is 0 Å². The Morgan fingerprint density at radius 3 is 1.00 bits per heavy atom. The molecule has 0 nitrogen and oxygen atoms in total. The maximum Gasteiger partial charge on any atom is 0 e. The summed E-state index contributed by atoms with van der Waals surface area (Å²) in [6.45, 7) is 0. The first-order valence-corrected chi connectivity index (χ1v) is 4.96. The van der Waals surface area contributed by atoms with E-state index in [0.29, 0.717) is 0 Å². The first-order valence-electron chi connectivity index (χ1n) is 0.401. The van der Waals surface area contributed by atoms with Gasteiger partial charge in [0.05, 0.1) is 0 Å². The molecule has 0 N–H and O–H groups in total. The predicted octanol–water partition coefficient (Wildman–Crippen LogP) is 1.69. The van der Waals surface area contributed by atoms with Crippen LogP contribution in [0, 0.1) is 0 Å². The standard InChI is InChI=1S/3ClH.Fe.Li/h3*1H;;/q;;;+3;/p-3. The number of halogens is 3. The van der Waals surface area contributed by atoms with Crippen molar-refractivity contribution in [1.29, 1.82) is 0 Å². The molecular weight excluding hydrogens is 169 g/mol. The summed E-state index contributed by atoms with van der Waals surface area (Å²) in [5.74, 6) is 0. The molecule has 0 saturated heterocycles. The molecule has 0 aromatic heterocycles. The molecule has 0 aliphatic heterocycles. The third kappa shape index (κ3) is 24.1. The Balaban J connectivity index is 0. The Morgan fingerprint density at radius 2 is 1.00 bits per heavy atom. The molecule has 5 heavy (non-hydrogen) atoms. The summed E-state index contributed by atoms with van der Waals surface area (Å²) in [6, 6.07) is 0. The Hall–Kier alpha value is 1.99. The molecule has 5 heteroatoms. The van der Waals surface area contributed by atoms with Gasteiger partial charge in [-0.05, 0) is 0 Å². The first kappa shape index (κ1) is 10.1. The van der Waals surface area contributed by atoms with Crippen molar-refractivity contribution < 1.29 is 11.2 Å². The second-order valence-corrected chi connectivity index (χ2v) is 5.62. The van der Waals surface area contributed by atoms with Crippen LogP contribution in [0.1, 0.15) is 0 Å². The van der Waals surface area contributed by atoms with Crippen LogP contribution in [0.3, 0.4) is 0 Å². The van der Waals surface area contributed by atoms with Gasteiger partial charge < -0.3 is 0 Å². The molecular formula is Cl3FeLi. The SMILES string of the molecule is [Cl][Fe]([Cl])[Cl].[Li]. The largest absolute Gasteiger partial charge is 0 e. The summed E-state index contributed by atoms with van der Waals surface area (Å²) < 4.78 is 0. The third-order valence-electron chi connectivity index (χ3n) is 0. The molecule has 0 aliphatic rings. The van der Waals surface area contributed by atoms with Gasteiger partial charge in [-0.2, -0.15) is 0 Å². The fourth-order valence-corrected chi connectivity index (χ4v) is 0. The maximum atomic E-state index is 4.89. The van der Waals surface area contributed by atoms with Crippen molar-refractivity contribution >= 4 is 49.2 Å². The van der Waals surface area contributed by atoms with Crippen molar-refractivity contribution in [3.05, 3.63) is 0 Å². The van der Waals surface area contributed by atoms with Gasteiger partial charge in [-0.25, -0.2) is 0 Å². The molecule has 0 fully saturated rings. The van der Waals surface area contributed by atoms with Crippen molar-refractivity contribution in [2.75, 3.05) is 0 Å². The molecule has 0 aromatic carbocycles. The van der Waals surface area contributed by atoms with Gasteiger partial charge in [0.15, 0.2) is 0 Å². The van der Waals surface area contributed by atoms with E-state index in [1.165, 1.54) is 0 Å². The molecule has 0 unspecified atom stereocenters. The van der Waals surface area contributed by atoms with E-state index in [4.69, 9.17) is 30.3 Å². The second kappa shape index (κ2) is 5.99. The van der Waals surface area contributed by atoms with Crippen LogP contribution in [0.2, 0.25) is 0 Å². The molecule has 0 aromatic rings. The van der Waals surface area contributed by atoms with E-state index in [-0.39, 0.29) is 18.9 Å². The van der Waals surface area contributed by atoms with Crippen LogP contribution in [0.5, 0.6) is 0 Å². The van der Waals surface area contributed by atoms with Gasteiger partial charge in [0, 0.05) is 18.9 Å². The molecule has 0 aliphatic carbocycles. The second-order valence-electron chi connectivity index (χ2n) is 0.152. The zero-order valence-corrected chi connectivity index (χ0v) is 5.86. The Morgan fingerprint density at radius 1 is 1.00 bits per heavy atom. The van der Waals surface area contributed by atoms with Gasteiger partial charge >= 0.3 is 41.5 Å². The topological polar surface area (TPSA) is 0 Å². The van der Waals surface area contributed by atoms with Crippen LogP contribution < -0.4 is 0 Å². The number of hydrogen-bond acceptors (Lipinski definition) is 0. The molecule has 0 heterocycles. The normalized spacial score (nSPS) is 9.00. The van der Waals surface area contributed by atoms with Crippen molar-refractivity contribution in [2.45, 2.75) is 0 Å². The van der Waals surface area contributed by atoms with Gasteiger partial charge in [-0.15, -0.1) is 0 Å². The van der Waals surface area contributed by atoms with Crippen molar-refractivity contribution in [2.24, 2.45) is 0 Å². The molecule has 0 saturated carbocycles. The van der Waals surface area contributed by atoms with Crippen LogP contribution in [-0.4, -0.2) is 18.9 Å². The van der Waals surface area contributed by atoms with Crippen LogP contribution in [-0.2, 0) is 11.2 Å². The molecule has 0 rings (SSSR count). The summed E-state index contributed by atoms with van der Waals surface area (Å²) in [6.07, 6.45) is 0. The third-order valence-corrected chi connectivity index (χ3v) is 0. The summed E-state index contributed by atoms with van der Waals surface area (Å²) in [5.41, 5.74) is 0. The molecule has 30 valence electrons. The fraction of sp³-hybridized carbons (Fsp3) is 0. The Bertz CT molecular complexity index is 11.6. The van der Waals surface area contributed by atoms with E-state index < -0.39 is 11.2 Å². The quantitative estimate of drug-likeness (QED) is 0.484. The van der Waals surface area contributed by atoms with E-state index in [0.717, 1.165) is 0 Å². The molecule has 0 bridgehead atoms. The van der Waals surface area contributed by atoms with Crippen LogP contribution in [0.25, 0.3) is 0 Å². The van der Waals surface area contributed by atoms with Crippen molar-refractivity contribution in [1.82, 2.24) is 0 Å². The minimum absolute atomic E-state index is 0. The van der Waals surface area contributed by atoms with Gasteiger partial charge in [0.2, 0.25) is 0 Å². The van der Waals surface area contributed by atoms with E-state index in [1.807, 2.05) is 0 Å². The average molecular weight is 169 g/mol. The maximum absolute atomic E-state index is 4.89.